The van der Waals surface area contributed by atoms with Crippen molar-refractivity contribution in [2.45, 2.75) is 55.1 Å². The van der Waals surface area contributed by atoms with Crippen molar-refractivity contribution in [2.24, 2.45) is 0 Å². The Balaban J connectivity index is 1.36. The van der Waals surface area contributed by atoms with Gasteiger partial charge < -0.3 is 20.1 Å². The number of hydrogen-bond donors (Lipinski definition) is 3. The maximum Gasteiger partial charge on any atom is 0.407 e. The molecule has 2 heterocycles. The van der Waals surface area contributed by atoms with Crippen LogP contribution in [0.2, 0.25) is 0 Å². The molecule has 260 valence electrons. The first kappa shape index (κ1) is 32.6. The number of fused-ring (bicyclic) bond motifs is 3. The number of urea groups is 1. The Hall–Kier alpha value is -5.62. The highest BCUT2D eigenvalue weighted by Gasteiger charge is 2.51. The molecule has 5 aromatic rings. The topological polar surface area (TPSA) is 139 Å². The summed E-state index contributed by atoms with van der Waals surface area (Å²) in [6.45, 7) is 0.217. The molecule has 1 aromatic heterocycles. The van der Waals surface area contributed by atoms with Crippen LogP contribution in [0.1, 0.15) is 45.4 Å². The number of rotatable bonds is 8. The van der Waals surface area contributed by atoms with Crippen LogP contribution in [0.5, 0.6) is 5.88 Å². The summed E-state index contributed by atoms with van der Waals surface area (Å²) in [7, 11) is -3.01. The molecule has 11 nitrogen and oxygen atoms in total. The van der Waals surface area contributed by atoms with Crippen LogP contribution in [-0.4, -0.2) is 50.2 Å². The molecule has 0 bridgehead atoms. The first-order chi connectivity index (χ1) is 24.8. The van der Waals surface area contributed by atoms with E-state index in [2.05, 4.69) is 21.8 Å². The monoisotopic (exact) mass is 702 g/mol. The summed E-state index contributed by atoms with van der Waals surface area (Å²) >= 11 is 0. The zero-order chi connectivity index (χ0) is 35.2. The van der Waals surface area contributed by atoms with Gasteiger partial charge in [-0.2, -0.15) is 5.10 Å². The lowest BCUT2D eigenvalue weighted by Crippen LogP contribution is -2.55. The normalized spacial score (nSPS) is 17.0. The molecule has 0 spiro atoms. The Labute approximate surface area is 296 Å². The lowest BCUT2D eigenvalue weighted by atomic mass is 9.77. The maximum absolute atomic E-state index is 15.8. The van der Waals surface area contributed by atoms with Crippen molar-refractivity contribution in [3.63, 3.8) is 0 Å². The van der Waals surface area contributed by atoms with Crippen molar-refractivity contribution in [2.75, 3.05) is 19.0 Å². The smallest absolute Gasteiger partial charge is 0.407 e. The number of anilines is 1. The average molecular weight is 703 g/mol. The van der Waals surface area contributed by atoms with E-state index in [1.807, 2.05) is 91.0 Å². The van der Waals surface area contributed by atoms with E-state index < -0.39 is 33.6 Å². The highest BCUT2D eigenvalue weighted by Crippen LogP contribution is 2.48. The predicted molar refractivity (Wildman–Crippen MR) is 192 cm³/mol. The van der Waals surface area contributed by atoms with Crippen LogP contribution in [0.25, 0.3) is 0 Å². The fourth-order valence-electron chi connectivity index (χ4n) is 7.78. The fourth-order valence-corrected chi connectivity index (χ4v) is 9.55. The predicted octanol–water partition coefficient (Wildman–Crippen LogP) is 6.43. The minimum Gasteiger partial charge on any atom is -0.475 e. The van der Waals surface area contributed by atoms with Gasteiger partial charge in [0.1, 0.15) is 17.0 Å². The van der Waals surface area contributed by atoms with E-state index in [4.69, 9.17) is 9.47 Å². The summed E-state index contributed by atoms with van der Waals surface area (Å²) in [6.07, 6.45) is 5.27. The van der Waals surface area contributed by atoms with Crippen LogP contribution in [-0.2, 0) is 52.4 Å². The Kier molecular flexibility index (Phi) is 8.26. The SMILES string of the molecule is COC(=O)N[C@@H]1COc2c(S(=N)(=O)N(C(=O)Nc3c4c(cc5c3CC5)CCC4)C(c3ccccc3)(c3ccccc3)c3ccccc3)cnn2C1. The number of nitrogens with zero attached hydrogens (tertiary/aromatic N) is 3. The molecular formula is C39H38N6O5S. The highest BCUT2D eigenvalue weighted by molar-refractivity contribution is 7.90. The van der Waals surface area contributed by atoms with Gasteiger partial charge in [-0.15, -0.1) is 0 Å². The van der Waals surface area contributed by atoms with Gasteiger partial charge in [0, 0.05) is 5.69 Å². The minimum absolute atomic E-state index is 0.0268. The molecule has 2 aliphatic carbocycles. The van der Waals surface area contributed by atoms with Gasteiger partial charge in [0.25, 0.3) is 0 Å². The summed E-state index contributed by atoms with van der Waals surface area (Å²) in [4.78, 5) is 27.4. The fraction of sp³-hybridized carbons (Fsp3) is 0.256. The summed E-state index contributed by atoms with van der Waals surface area (Å²) in [5.74, 6) is 0.100. The van der Waals surface area contributed by atoms with Gasteiger partial charge in [-0.1, -0.05) is 97.1 Å². The molecular weight excluding hydrogens is 665 g/mol. The number of methoxy groups -OCH3 is 1. The van der Waals surface area contributed by atoms with Crippen LogP contribution < -0.4 is 15.4 Å². The number of aromatic nitrogens is 2. The molecule has 1 aliphatic heterocycles. The van der Waals surface area contributed by atoms with Crippen LogP contribution in [0, 0.1) is 4.78 Å². The van der Waals surface area contributed by atoms with E-state index in [-0.39, 0.29) is 23.9 Å². The number of alkyl carbamates (subject to hydrolysis) is 1. The third kappa shape index (κ3) is 5.41. The molecule has 1 unspecified atom stereocenters. The second kappa shape index (κ2) is 12.9. The summed E-state index contributed by atoms with van der Waals surface area (Å²) in [5.41, 5.74) is 5.81. The third-order valence-corrected chi connectivity index (χ3v) is 12.0. The highest BCUT2D eigenvalue weighted by atomic mass is 32.2. The van der Waals surface area contributed by atoms with Crippen molar-refractivity contribution in [3.8, 4) is 5.88 Å². The van der Waals surface area contributed by atoms with Gasteiger partial charge in [0.15, 0.2) is 9.92 Å². The molecule has 2 atom stereocenters. The lowest BCUT2D eigenvalue weighted by Gasteiger charge is -2.45. The second-order valence-corrected chi connectivity index (χ2v) is 14.9. The van der Waals surface area contributed by atoms with Crippen LogP contribution in [0.3, 0.4) is 0 Å². The van der Waals surface area contributed by atoms with Crippen molar-refractivity contribution < 1.29 is 23.3 Å². The van der Waals surface area contributed by atoms with Gasteiger partial charge in [0.05, 0.1) is 25.9 Å². The zero-order valence-corrected chi connectivity index (χ0v) is 28.9. The van der Waals surface area contributed by atoms with Crippen molar-refractivity contribution in [3.05, 3.63) is 142 Å². The van der Waals surface area contributed by atoms with E-state index in [1.165, 1.54) is 33.4 Å². The van der Waals surface area contributed by atoms with E-state index in [0.717, 1.165) is 48.9 Å². The van der Waals surface area contributed by atoms with Crippen molar-refractivity contribution >= 4 is 27.7 Å². The number of amides is 3. The van der Waals surface area contributed by atoms with Crippen LogP contribution in [0.15, 0.2) is 108 Å². The Bertz CT molecular complexity index is 2130. The second-order valence-electron chi connectivity index (χ2n) is 13.1. The molecule has 0 saturated heterocycles. The molecule has 3 amide bonds. The van der Waals surface area contributed by atoms with Crippen LogP contribution >= 0.6 is 0 Å². The number of aryl methyl sites for hydroxylation is 2. The quantitative estimate of drug-likeness (QED) is 0.159. The van der Waals surface area contributed by atoms with Gasteiger partial charge in [-0.25, -0.2) is 27.6 Å². The minimum atomic E-state index is -4.28. The zero-order valence-electron chi connectivity index (χ0n) is 28.1. The van der Waals surface area contributed by atoms with Crippen molar-refractivity contribution in [1.29, 1.82) is 4.78 Å². The number of hydrogen-bond acceptors (Lipinski definition) is 7. The summed E-state index contributed by atoms with van der Waals surface area (Å²) in [5, 5.41) is 10.4. The number of nitrogens with one attached hydrogen (secondary N) is 3. The Morgan fingerprint density at radius 3 is 2.06 bits per heavy atom. The van der Waals surface area contributed by atoms with E-state index in [1.54, 1.807) is 0 Å². The van der Waals surface area contributed by atoms with Gasteiger partial charge in [0.2, 0.25) is 5.88 Å². The van der Waals surface area contributed by atoms with Crippen molar-refractivity contribution in [1.82, 2.24) is 19.4 Å². The molecule has 8 rings (SSSR count). The molecule has 4 aromatic carbocycles. The number of benzene rings is 4. The average Bonchev–Trinajstić information content (AvgIpc) is 3.80. The Morgan fingerprint density at radius 1 is 0.902 bits per heavy atom. The largest absolute Gasteiger partial charge is 0.475 e. The number of ether oxygens (including phenoxy) is 2. The van der Waals surface area contributed by atoms with E-state index in [0.29, 0.717) is 16.7 Å². The van der Waals surface area contributed by atoms with Crippen LogP contribution in [0.4, 0.5) is 15.3 Å². The molecule has 0 saturated carbocycles. The lowest BCUT2D eigenvalue weighted by molar-refractivity contribution is 0.141. The first-order valence-corrected chi connectivity index (χ1v) is 18.6. The summed E-state index contributed by atoms with van der Waals surface area (Å²) < 4.78 is 39.4. The van der Waals surface area contributed by atoms with Gasteiger partial charge >= 0.3 is 12.1 Å². The van der Waals surface area contributed by atoms with Gasteiger partial charge in [-0.3, -0.25) is 0 Å². The summed E-state index contributed by atoms with van der Waals surface area (Å²) in [6, 6.07) is 29.4. The molecule has 0 fully saturated rings. The van der Waals surface area contributed by atoms with E-state index >= 15 is 9.00 Å². The molecule has 0 radical (unpaired) electrons. The van der Waals surface area contributed by atoms with Gasteiger partial charge in [-0.05, 0) is 71.0 Å². The Morgan fingerprint density at radius 2 is 1.49 bits per heavy atom. The maximum atomic E-state index is 15.8. The first-order valence-electron chi connectivity index (χ1n) is 17.1. The number of carbonyl (C=O) groups excluding carboxylic acids is 2. The third-order valence-electron chi connectivity index (χ3n) is 10.2. The van der Waals surface area contributed by atoms with E-state index in [9.17, 15) is 9.57 Å². The number of carbonyl (C=O) groups is 2. The molecule has 3 aliphatic rings. The standard InChI is InChI=1S/C39H38N6O5S/c1-49-38(47)42-31-24-44-36(50-25-31)34(23-41-44)51(40,48)45(37(46)43-35-32-19-11-12-26(32)22-27-20-21-33(27)35)39(28-13-5-2-6-14-28,29-15-7-3-8-16-29)30-17-9-4-10-18-30/h2-10,13-18,22-23,31,40H,11-12,19-21,24-25H2,1H3,(H,42,47)(H,43,46)/t31-,51?/m0/s1. The molecule has 3 N–H and O–H groups in total. The molecule has 12 heteroatoms. The molecule has 51 heavy (non-hydrogen) atoms.